The standard InChI is InChI=1S/C12H9ClF3N3O/c1-6-9(11(17)20)10(13)19(18-6)8-5-3-2-4-7(8)12(14,15)16/h2-5H,1H3,(H2,17,20). The van der Waals surface area contributed by atoms with Crippen LogP contribution in [0.25, 0.3) is 5.69 Å². The van der Waals surface area contributed by atoms with E-state index in [-0.39, 0.29) is 22.1 Å². The number of amides is 1. The first-order valence-electron chi connectivity index (χ1n) is 5.45. The fraction of sp³-hybridized carbons (Fsp3) is 0.167. The summed E-state index contributed by atoms with van der Waals surface area (Å²) in [5.74, 6) is -0.844. The summed E-state index contributed by atoms with van der Waals surface area (Å²) in [6.45, 7) is 1.44. The van der Waals surface area contributed by atoms with Crippen molar-refractivity contribution in [2.75, 3.05) is 0 Å². The number of aromatic nitrogens is 2. The second-order valence-electron chi connectivity index (χ2n) is 4.04. The van der Waals surface area contributed by atoms with Crippen LogP contribution in [0.1, 0.15) is 21.6 Å². The highest BCUT2D eigenvalue weighted by molar-refractivity contribution is 6.33. The van der Waals surface area contributed by atoms with E-state index in [9.17, 15) is 18.0 Å². The third-order valence-corrected chi connectivity index (χ3v) is 3.04. The predicted octanol–water partition coefficient (Wildman–Crippen LogP) is 2.95. The Kier molecular flexibility index (Phi) is 3.47. The first-order valence-corrected chi connectivity index (χ1v) is 5.82. The van der Waals surface area contributed by atoms with Crippen molar-refractivity contribution in [2.45, 2.75) is 13.1 Å². The van der Waals surface area contributed by atoms with Crippen molar-refractivity contribution in [3.8, 4) is 5.69 Å². The van der Waals surface area contributed by atoms with Gasteiger partial charge in [-0.25, -0.2) is 4.68 Å². The number of hydrogen-bond acceptors (Lipinski definition) is 2. The van der Waals surface area contributed by atoms with Crippen molar-refractivity contribution < 1.29 is 18.0 Å². The minimum absolute atomic E-state index is 0.0938. The Morgan fingerprint density at radius 3 is 2.45 bits per heavy atom. The van der Waals surface area contributed by atoms with Gasteiger partial charge in [0.2, 0.25) is 0 Å². The van der Waals surface area contributed by atoms with E-state index in [1.807, 2.05) is 0 Å². The quantitative estimate of drug-likeness (QED) is 0.927. The van der Waals surface area contributed by atoms with Gasteiger partial charge in [-0.2, -0.15) is 18.3 Å². The molecular weight excluding hydrogens is 295 g/mol. The maximum Gasteiger partial charge on any atom is 0.418 e. The van der Waals surface area contributed by atoms with Crippen LogP contribution in [0.2, 0.25) is 5.15 Å². The lowest BCUT2D eigenvalue weighted by atomic mass is 10.1. The van der Waals surface area contributed by atoms with Crippen molar-refractivity contribution in [1.29, 1.82) is 0 Å². The monoisotopic (exact) mass is 303 g/mol. The van der Waals surface area contributed by atoms with Crippen molar-refractivity contribution in [3.05, 3.63) is 46.2 Å². The molecule has 0 atom stereocenters. The van der Waals surface area contributed by atoms with Gasteiger partial charge in [-0.05, 0) is 19.1 Å². The number of hydrogen-bond donors (Lipinski definition) is 1. The highest BCUT2D eigenvalue weighted by Crippen LogP contribution is 2.35. The second-order valence-corrected chi connectivity index (χ2v) is 4.40. The van der Waals surface area contributed by atoms with Gasteiger partial charge in [0.15, 0.2) is 0 Å². The molecule has 0 saturated carbocycles. The lowest BCUT2D eigenvalue weighted by Crippen LogP contribution is -2.13. The van der Waals surface area contributed by atoms with Gasteiger partial charge in [0.25, 0.3) is 5.91 Å². The molecule has 1 amide bonds. The fourth-order valence-corrected chi connectivity index (χ4v) is 2.20. The van der Waals surface area contributed by atoms with Crippen LogP contribution in [-0.2, 0) is 6.18 Å². The zero-order chi connectivity index (χ0) is 15.1. The van der Waals surface area contributed by atoms with Crippen LogP contribution >= 0.6 is 11.6 Å². The third-order valence-electron chi connectivity index (χ3n) is 2.69. The molecule has 20 heavy (non-hydrogen) atoms. The zero-order valence-electron chi connectivity index (χ0n) is 10.2. The first kappa shape index (κ1) is 14.4. The Balaban J connectivity index is 2.71. The molecule has 0 bridgehead atoms. The molecule has 0 aliphatic rings. The Labute approximate surface area is 116 Å². The molecule has 0 saturated heterocycles. The van der Waals surface area contributed by atoms with Crippen LogP contribution in [0.15, 0.2) is 24.3 Å². The number of primary amides is 1. The average molecular weight is 304 g/mol. The minimum atomic E-state index is -4.56. The molecular formula is C12H9ClF3N3O. The Bertz CT molecular complexity index is 679. The van der Waals surface area contributed by atoms with E-state index in [0.29, 0.717) is 0 Å². The SMILES string of the molecule is Cc1nn(-c2ccccc2C(F)(F)F)c(Cl)c1C(N)=O. The van der Waals surface area contributed by atoms with Crippen molar-refractivity contribution in [2.24, 2.45) is 5.73 Å². The van der Waals surface area contributed by atoms with Crippen molar-refractivity contribution in [3.63, 3.8) is 0 Å². The van der Waals surface area contributed by atoms with E-state index in [4.69, 9.17) is 17.3 Å². The van der Waals surface area contributed by atoms with Crippen LogP contribution in [-0.4, -0.2) is 15.7 Å². The Morgan fingerprint density at radius 2 is 1.95 bits per heavy atom. The second kappa shape index (κ2) is 4.82. The number of rotatable bonds is 2. The highest BCUT2D eigenvalue weighted by Gasteiger charge is 2.35. The van der Waals surface area contributed by atoms with Crippen LogP contribution in [0, 0.1) is 6.92 Å². The van der Waals surface area contributed by atoms with E-state index in [1.54, 1.807) is 0 Å². The van der Waals surface area contributed by atoms with Crippen LogP contribution < -0.4 is 5.73 Å². The number of aryl methyl sites for hydroxylation is 1. The van der Waals surface area contributed by atoms with E-state index in [2.05, 4.69) is 5.10 Å². The number of para-hydroxylation sites is 1. The summed E-state index contributed by atoms with van der Waals surface area (Å²) in [4.78, 5) is 11.2. The Morgan fingerprint density at radius 1 is 1.35 bits per heavy atom. The number of halogens is 4. The molecule has 0 radical (unpaired) electrons. The first-order chi connectivity index (χ1) is 9.23. The molecule has 1 aromatic carbocycles. The number of carbonyl (C=O) groups excluding carboxylic acids is 1. The largest absolute Gasteiger partial charge is 0.418 e. The highest BCUT2D eigenvalue weighted by atomic mass is 35.5. The molecule has 2 rings (SSSR count). The van der Waals surface area contributed by atoms with Gasteiger partial charge in [-0.3, -0.25) is 4.79 Å². The number of alkyl halides is 3. The van der Waals surface area contributed by atoms with Crippen LogP contribution in [0.4, 0.5) is 13.2 Å². The molecule has 1 aromatic heterocycles. The van der Waals surface area contributed by atoms with Gasteiger partial charge < -0.3 is 5.73 Å². The summed E-state index contributed by atoms with van der Waals surface area (Å²) in [6, 6.07) is 4.80. The van der Waals surface area contributed by atoms with E-state index in [1.165, 1.54) is 25.1 Å². The van der Waals surface area contributed by atoms with E-state index < -0.39 is 17.6 Å². The topological polar surface area (TPSA) is 60.9 Å². The van der Waals surface area contributed by atoms with Gasteiger partial charge in [-0.1, -0.05) is 23.7 Å². The molecule has 8 heteroatoms. The molecule has 0 spiro atoms. The lowest BCUT2D eigenvalue weighted by molar-refractivity contribution is -0.137. The number of carbonyl (C=O) groups is 1. The summed E-state index contributed by atoms with van der Waals surface area (Å²) in [5, 5.41) is 3.62. The summed E-state index contributed by atoms with van der Waals surface area (Å²) >= 11 is 5.91. The van der Waals surface area contributed by atoms with Gasteiger partial charge in [0.05, 0.1) is 22.5 Å². The third kappa shape index (κ3) is 2.36. The summed E-state index contributed by atoms with van der Waals surface area (Å²) in [7, 11) is 0. The number of nitrogens with zero attached hydrogens (tertiary/aromatic N) is 2. The maximum atomic E-state index is 13.0. The lowest BCUT2D eigenvalue weighted by Gasteiger charge is -2.13. The summed E-state index contributed by atoms with van der Waals surface area (Å²) in [5.41, 5.74) is 4.04. The molecule has 0 aliphatic carbocycles. The fourth-order valence-electron chi connectivity index (χ4n) is 1.84. The van der Waals surface area contributed by atoms with Crippen molar-refractivity contribution >= 4 is 17.5 Å². The van der Waals surface area contributed by atoms with Crippen LogP contribution in [0.3, 0.4) is 0 Å². The minimum Gasteiger partial charge on any atom is -0.365 e. The van der Waals surface area contributed by atoms with Gasteiger partial charge in [-0.15, -0.1) is 0 Å². The maximum absolute atomic E-state index is 13.0. The number of benzene rings is 1. The molecule has 4 nitrogen and oxygen atoms in total. The normalized spacial score (nSPS) is 11.7. The zero-order valence-corrected chi connectivity index (χ0v) is 11.0. The molecule has 106 valence electrons. The smallest absolute Gasteiger partial charge is 0.365 e. The van der Waals surface area contributed by atoms with Crippen LogP contribution in [0.5, 0.6) is 0 Å². The molecule has 0 fully saturated rings. The molecule has 0 unspecified atom stereocenters. The van der Waals surface area contributed by atoms with E-state index >= 15 is 0 Å². The molecule has 1 heterocycles. The summed E-state index contributed by atoms with van der Waals surface area (Å²) in [6.07, 6.45) is -4.56. The Hall–Kier alpha value is -2.02. The molecule has 2 N–H and O–H groups in total. The predicted molar refractivity (Wildman–Crippen MR) is 66.8 cm³/mol. The summed E-state index contributed by atoms with van der Waals surface area (Å²) < 4.78 is 39.7. The van der Waals surface area contributed by atoms with Crippen molar-refractivity contribution in [1.82, 2.24) is 9.78 Å². The average Bonchev–Trinajstić information content (AvgIpc) is 2.63. The molecule has 2 aromatic rings. The van der Waals surface area contributed by atoms with Gasteiger partial charge >= 0.3 is 6.18 Å². The van der Waals surface area contributed by atoms with Gasteiger partial charge in [0, 0.05) is 0 Å². The van der Waals surface area contributed by atoms with Gasteiger partial charge in [0.1, 0.15) is 5.15 Å². The van der Waals surface area contributed by atoms with E-state index in [0.717, 1.165) is 10.7 Å². The molecule has 0 aliphatic heterocycles. The number of nitrogens with two attached hydrogens (primary N) is 1.